The molecule has 0 aliphatic heterocycles. The quantitative estimate of drug-likeness (QED) is 0.673. The Kier molecular flexibility index (Phi) is 7.70. The summed E-state index contributed by atoms with van der Waals surface area (Å²) >= 11 is 5.70. The molecule has 0 aliphatic carbocycles. The summed E-state index contributed by atoms with van der Waals surface area (Å²) < 4.78 is 63.4. The first-order chi connectivity index (χ1) is 11.5. The molecule has 142 valence electrons. The van der Waals surface area contributed by atoms with E-state index >= 15 is 0 Å². The normalized spacial score (nSPS) is 12.4. The molecule has 0 heterocycles. The third-order valence-corrected chi connectivity index (χ3v) is 5.45. The van der Waals surface area contributed by atoms with E-state index in [4.69, 9.17) is 11.6 Å². The second-order valence-corrected chi connectivity index (χ2v) is 7.98. The summed E-state index contributed by atoms with van der Waals surface area (Å²) in [5, 5.41) is 0.341. The van der Waals surface area contributed by atoms with Crippen LogP contribution in [-0.2, 0) is 14.8 Å². The van der Waals surface area contributed by atoms with Gasteiger partial charge in [0, 0.05) is 18.6 Å². The minimum Gasteiger partial charge on any atom is -0.332 e. The average molecular weight is 401 g/mol. The van der Waals surface area contributed by atoms with Gasteiger partial charge in [-0.05, 0) is 30.7 Å². The predicted molar refractivity (Wildman–Crippen MR) is 88.8 cm³/mol. The van der Waals surface area contributed by atoms with Crippen LogP contribution >= 0.6 is 11.6 Å². The Hall–Kier alpha value is -1.32. The minimum absolute atomic E-state index is 0.0797. The van der Waals surface area contributed by atoms with Crippen molar-refractivity contribution in [3.05, 3.63) is 29.3 Å². The van der Waals surface area contributed by atoms with E-state index in [9.17, 15) is 26.4 Å². The van der Waals surface area contributed by atoms with Crippen molar-refractivity contribution in [1.82, 2.24) is 9.21 Å². The lowest BCUT2D eigenvalue weighted by molar-refractivity contribution is -0.161. The Morgan fingerprint density at radius 3 is 2.24 bits per heavy atom. The molecule has 1 aromatic rings. The van der Waals surface area contributed by atoms with Gasteiger partial charge in [-0.3, -0.25) is 4.79 Å². The number of likely N-dealkylation sites (N-methyl/N-ethyl adjacent to an activating group) is 1. The predicted octanol–water partition coefficient (Wildman–Crippen LogP) is 3.15. The van der Waals surface area contributed by atoms with Crippen LogP contribution in [0.2, 0.25) is 5.02 Å². The van der Waals surface area contributed by atoms with Gasteiger partial charge in [0.1, 0.15) is 6.54 Å². The molecule has 0 bridgehead atoms. The van der Waals surface area contributed by atoms with Crippen LogP contribution in [0.25, 0.3) is 0 Å². The molecule has 5 nitrogen and oxygen atoms in total. The summed E-state index contributed by atoms with van der Waals surface area (Å²) in [5.74, 6) is -0.897. The summed E-state index contributed by atoms with van der Waals surface area (Å²) in [6, 6.07) is 5.29. The van der Waals surface area contributed by atoms with Gasteiger partial charge in [0.15, 0.2) is 0 Å². The van der Waals surface area contributed by atoms with Gasteiger partial charge < -0.3 is 4.90 Å². The molecule has 0 aromatic heterocycles. The van der Waals surface area contributed by atoms with Gasteiger partial charge in [-0.15, -0.1) is 0 Å². The molecule has 0 fully saturated rings. The Balaban J connectivity index is 2.88. The molecule has 0 saturated heterocycles. The number of sulfonamides is 1. The SMILES string of the molecule is CCCCN(CC(F)(F)F)C(=O)CN(C)S(=O)(=O)c1ccc(Cl)cc1. The van der Waals surface area contributed by atoms with E-state index in [1.54, 1.807) is 6.92 Å². The summed E-state index contributed by atoms with van der Waals surface area (Å²) in [7, 11) is -2.86. The fraction of sp³-hybridized carbons (Fsp3) is 0.533. The summed E-state index contributed by atoms with van der Waals surface area (Å²) in [5.41, 5.74) is 0. The van der Waals surface area contributed by atoms with Gasteiger partial charge in [-0.1, -0.05) is 24.9 Å². The number of halogens is 4. The zero-order chi connectivity index (χ0) is 19.3. The van der Waals surface area contributed by atoms with Crippen molar-refractivity contribution in [2.45, 2.75) is 30.8 Å². The third kappa shape index (κ3) is 6.83. The highest BCUT2D eigenvalue weighted by atomic mass is 35.5. The molecule has 1 amide bonds. The number of carbonyl (C=O) groups excluding carboxylic acids is 1. The van der Waals surface area contributed by atoms with Crippen LogP contribution in [0.4, 0.5) is 13.2 Å². The Morgan fingerprint density at radius 2 is 1.76 bits per heavy atom. The van der Waals surface area contributed by atoms with Crippen LogP contribution in [0, 0.1) is 0 Å². The Labute approximate surface area is 150 Å². The maximum Gasteiger partial charge on any atom is 0.406 e. The second-order valence-electron chi connectivity index (χ2n) is 5.50. The number of hydrogen-bond acceptors (Lipinski definition) is 3. The summed E-state index contributed by atoms with van der Waals surface area (Å²) in [4.78, 5) is 12.7. The zero-order valence-electron chi connectivity index (χ0n) is 13.9. The second kappa shape index (κ2) is 8.86. The number of carbonyl (C=O) groups is 1. The molecule has 1 aromatic carbocycles. The van der Waals surface area contributed by atoms with Crippen LogP contribution < -0.4 is 0 Å². The molecule has 25 heavy (non-hydrogen) atoms. The molecule has 10 heteroatoms. The topological polar surface area (TPSA) is 57.7 Å². The maximum absolute atomic E-state index is 12.6. The standard InChI is InChI=1S/C15H20ClF3N2O3S/c1-3-4-9-21(11-15(17,18)19)14(22)10-20(2)25(23,24)13-7-5-12(16)6-8-13/h5-8H,3-4,9-11H2,1-2H3. The summed E-state index contributed by atoms with van der Waals surface area (Å²) in [6.45, 7) is -0.373. The van der Waals surface area contributed by atoms with E-state index < -0.39 is 35.2 Å². The van der Waals surface area contributed by atoms with Crippen molar-refractivity contribution < 1.29 is 26.4 Å². The number of benzene rings is 1. The molecule has 1 rings (SSSR count). The van der Waals surface area contributed by atoms with Crippen molar-refractivity contribution in [3.63, 3.8) is 0 Å². The first kappa shape index (κ1) is 21.7. The van der Waals surface area contributed by atoms with Gasteiger partial charge in [-0.25, -0.2) is 8.42 Å². The molecule has 0 spiro atoms. The first-order valence-electron chi connectivity index (χ1n) is 7.54. The lowest BCUT2D eigenvalue weighted by atomic mass is 10.3. The van der Waals surface area contributed by atoms with Crippen LogP contribution in [0.1, 0.15) is 19.8 Å². The minimum atomic E-state index is -4.54. The van der Waals surface area contributed by atoms with Crippen LogP contribution in [-0.4, -0.2) is 56.4 Å². The van der Waals surface area contributed by atoms with Crippen LogP contribution in [0.5, 0.6) is 0 Å². The maximum atomic E-state index is 12.6. The van der Waals surface area contributed by atoms with Crippen molar-refractivity contribution >= 4 is 27.5 Å². The third-order valence-electron chi connectivity index (χ3n) is 3.38. The number of nitrogens with zero attached hydrogens (tertiary/aromatic N) is 2. The fourth-order valence-corrected chi connectivity index (χ4v) is 3.27. The van der Waals surface area contributed by atoms with E-state index in [2.05, 4.69) is 0 Å². The number of alkyl halides is 3. The number of unbranched alkanes of at least 4 members (excludes halogenated alkanes) is 1. The highest BCUT2D eigenvalue weighted by Crippen LogP contribution is 2.19. The van der Waals surface area contributed by atoms with Crippen molar-refractivity contribution in [2.75, 3.05) is 26.7 Å². The monoisotopic (exact) mass is 400 g/mol. The summed E-state index contributed by atoms with van der Waals surface area (Å²) in [6.07, 6.45) is -3.53. The number of amides is 1. The number of hydrogen-bond donors (Lipinski definition) is 0. The molecule has 0 radical (unpaired) electrons. The molecule has 0 aliphatic rings. The lowest BCUT2D eigenvalue weighted by Gasteiger charge is -2.26. The van der Waals surface area contributed by atoms with E-state index in [1.807, 2.05) is 0 Å². The van der Waals surface area contributed by atoms with Crippen molar-refractivity contribution in [2.24, 2.45) is 0 Å². The molecule has 0 saturated carbocycles. The fourth-order valence-electron chi connectivity index (χ4n) is 2.02. The molecule has 0 atom stereocenters. The van der Waals surface area contributed by atoms with Crippen molar-refractivity contribution in [1.29, 1.82) is 0 Å². The molecule has 0 N–H and O–H groups in total. The lowest BCUT2D eigenvalue weighted by Crippen LogP contribution is -2.45. The van der Waals surface area contributed by atoms with Gasteiger partial charge in [0.2, 0.25) is 15.9 Å². The number of rotatable bonds is 8. The van der Waals surface area contributed by atoms with Crippen molar-refractivity contribution in [3.8, 4) is 0 Å². The van der Waals surface area contributed by atoms with E-state index in [0.717, 1.165) is 11.4 Å². The van der Waals surface area contributed by atoms with Gasteiger partial charge in [-0.2, -0.15) is 17.5 Å². The van der Waals surface area contributed by atoms with E-state index in [1.165, 1.54) is 24.3 Å². The highest BCUT2D eigenvalue weighted by Gasteiger charge is 2.34. The highest BCUT2D eigenvalue weighted by molar-refractivity contribution is 7.89. The van der Waals surface area contributed by atoms with E-state index in [-0.39, 0.29) is 11.4 Å². The largest absolute Gasteiger partial charge is 0.406 e. The molecular weight excluding hydrogens is 381 g/mol. The Morgan fingerprint density at radius 1 is 1.20 bits per heavy atom. The molecule has 0 unspecified atom stereocenters. The zero-order valence-corrected chi connectivity index (χ0v) is 15.5. The molecular formula is C15H20ClF3N2O3S. The van der Waals surface area contributed by atoms with Gasteiger partial charge in [0.25, 0.3) is 0 Å². The van der Waals surface area contributed by atoms with Gasteiger partial charge >= 0.3 is 6.18 Å². The van der Waals surface area contributed by atoms with Gasteiger partial charge in [0.05, 0.1) is 11.4 Å². The first-order valence-corrected chi connectivity index (χ1v) is 9.35. The average Bonchev–Trinajstić information content (AvgIpc) is 2.50. The van der Waals surface area contributed by atoms with Crippen LogP contribution in [0.15, 0.2) is 29.2 Å². The van der Waals surface area contributed by atoms with E-state index in [0.29, 0.717) is 22.8 Å². The van der Waals surface area contributed by atoms with Crippen LogP contribution in [0.3, 0.4) is 0 Å². The smallest absolute Gasteiger partial charge is 0.332 e. The Bertz CT molecular complexity index is 678.